The van der Waals surface area contributed by atoms with Crippen molar-refractivity contribution in [2.24, 2.45) is 5.92 Å². The Labute approximate surface area is 114 Å². The quantitative estimate of drug-likeness (QED) is 0.787. The molecule has 1 aromatic rings. The molecule has 0 amide bonds. The lowest BCUT2D eigenvalue weighted by molar-refractivity contribution is 0.354. The highest BCUT2D eigenvalue weighted by Gasteiger charge is 2.23. The van der Waals surface area contributed by atoms with Gasteiger partial charge in [0.25, 0.3) is 0 Å². The van der Waals surface area contributed by atoms with Crippen molar-refractivity contribution >= 4 is 0 Å². The van der Waals surface area contributed by atoms with Crippen LogP contribution >= 0.6 is 0 Å². The maximum atomic E-state index is 13.8. The predicted octanol–water partition coefficient (Wildman–Crippen LogP) is 4.59. The van der Waals surface area contributed by atoms with Crippen molar-refractivity contribution in [3.05, 3.63) is 35.4 Å². The van der Waals surface area contributed by atoms with Gasteiger partial charge in [0.05, 0.1) is 0 Å². The minimum Gasteiger partial charge on any atom is -0.313 e. The van der Waals surface area contributed by atoms with Gasteiger partial charge in [0.15, 0.2) is 0 Å². The first-order valence-corrected chi connectivity index (χ1v) is 7.33. The monoisotopic (exact) mass is 267 g/mol. The SMILES string of the molecule is CNC(CC1CCCCCC1)c1c(F)cccc1F. The summed E-state index contributed by atoms with van der Waals surface area (Å²) < 4.78 is 27.7. The number of halogens is 2. The Morgan fingerprint density at radius 3 is 2.21 bits per heavy atom. The summed E-state index contributed by atoms with van der Waals surface area (Å²) in [7, 11) is 1.78. The van der Waals surface area contributed by atoms with Crippen molar-refractivity contribution in [2.75, 3.05) is 7.05 Å². The maximum Gasteiger partial charge on any atom is 0.130 e. The van der Waals surface area contributed by atoms with Gasteiger partial charge in [0.2, 0.25) is 0 Å². The van der Waals surface area contributed by atoms with E-state index in [-0.39, 0.29) is 11.6 Å². The number of rotatable bonds is 4. The van der Waals surface area contributed by atoms with Crippen molar-refractivity contribution in [1.29, 1.82) is 0 Å². The first kappa shape index (κ1) is 14.4. The first-order chi connectivity index (χ1) is 9.22. The Bertz CT molecular complexity index is 377. The molecule has 1 saturated carbocycles. The highest BCUT2D eigenvalue weighted by atomic mass is 19.1. The second-order valence-corrected chi connectivity index (χ2v) is 5.57. The zero-order chi connectivity index (χ0) is 13.7. The van der Waals surface area contributed by atoms with Crippen molar-refractivity contribution in [3.63, 3.8) is 0 Å². The van der Waals surface area contributed by atoms with Gasteiger partial charge in [-0.1, -0.05) is 44.6 Å². The van der Waals surface area contributed by atoms with E-state index >= 15 is 0 Å². The van der Waals surface area contributed by atoms with E-state index in [1.807, 2.05) is 0 Å². The molecule has 1 atom stereocenters. The zero-order valence-corrected chi connectivity index (χ0v) is 11.6. The lowest BCUT2D eigenvalue weighted by atomic mass is 9.89. The minimum absolute atomic E-state index is 0.203. The normalized spacial score (nSPS) is 19.1. The van der Waals surface area contributed by atoms with Crippen LogP contribution in [-0.4, -0.2) is 7.05 Å². The third-order valence-corrected chi connectivity index (χ3v) is 4.24. The van der Waals surface area contributed by atoms with Gasteiger partial charge in [-0.05, 0) is 31.5 Å². The van der Waals surface area contributed by atoms with E-state index in [0.717, 1.165) is 6.42 Å². The summed E-state index contributed by atoms with van der Waals surface area (Å²) in [5.74, 6) is -0.292. The molecule has 1 unspecified atom stereocenters. The summed E-state index contributed by atoms with van der Waals surface area (Å²) in [5, 5.41) is 3.09. The van der Waals surface area contributed by atoms with Crippen LogP contribution in [0.2, 0.25) is 0 Å². The lowest BCUT2D eigenvalue weighted by Gasteiger charge is -2.23. The van der Waals surface area contributed by atoms with E-state index in [4.69, 9.17) is 0 Å². The minimum atomic E-state index is -0.437. The molecule has 0 spiro atoms. The number of hydrogen-bond donors (Lipinski definition) is 1. The van der Waals surface area contributed by atoms with Gasteiger partial charge in [-0.3, -0.25) is 0 Å². The third-order valence-electron chi connectivity index (χ3n) is 4.24. The summed E-state index contributed by atoms with van der Waals surface area (Å²) >= 11 is 0. The topological polar surface area (TPSA) is 12.0 Å². The summed E-state index contributed by atoms with van der Waals surface area (Å²) in [5.41, 5.74) is 0.203. The van der Waals surface area contributed by atoms with Gasteiger partial charge < -0.3 is 5.32 Å². The van der Waals surface area contributed by atoms with Gasteiger partial charge in [-0.2, -0.15) is 0 Å². The molecule has 0 heterocycles. The van der Waals surface area contributed by atoms with Crippen LogP contribution in [0.5, 0.6) is 0 Å². The van der Waals surface area contributed by atoms with Crippen LogP contribution in [0.15, 0.2) is 18.2 Å². The molecule has 1 aromatic carbocycles. The molecule has 106 valence electrons. The van der Waals surface area contributed by atoms with Crippen LogP contribution in [0.3, 0.4) is 0 Å². The zero-order valence-electron chi connectivity index (χ0n) is 11.6. The molecule has 1 aliphatic carbocycles. The average Bonchev–Trinajstić information content (AvgIpc) is 2.65. The molecule has 1 nitrogen and oxygen atoms in total. The molecule has 0 bridgehead atoms. The fourth-order valence-electron chi connectivity index (χ4n) is 3.16. The standard InChI is InChI=1S/C16H23F2N/c1-19-15(11-12-7-4-2-3-5-8-12)16-13(17)9-6-10-14(16)18/h6,9-10,12,15,19H,2-5,7-8,11H2,1H3. The van der Waals surface area contributed by atoms with E-state index < -0.39 is 11.6 Å². The Morgan fingerprint density at radius 1 is 1.11 bits per heavy atom. The second kappa shape index (κ2) is 6.99. The van der Waals surface area contributed by atoms with Gasteiger partial charge >= 0.3 is 0 Å². The molecule has 3 heteroatoms. The van der Waals surface area contributed by atoms with Crippen molar-refractivity contribution in [3.8, 4) is 0 Å². The fourth-order valence-corrected chi connectivity index (χ4v) is 3.16. The highest BCUT2D eigenvalue weighted by molar-refractivity contribution is 5.23. The van der Waals surface area contributed by atoms with Crippen molar-refractivity contribution in [1.82, 2.24) is 5.32 Å². The van der Waals surface area contributed by atoms with Crippen molar-refractivity contribution < 1.29 is 8.78 Å². The lowest BCUT2D eigenvalue weighted by Crippen LogP contribution is -2.22. The van der Waals surface area contributed by atoms with Gasteiger partial charge in [-0.25, -0.2) is 8.78 Å². The molecule has 1 fully saturated rings. The van der Waals surface area contributed by atoms with Crippen LogP contribution in [0.1, 0.15) is 56.6 Å². The highest BCUT2D eigenvalue weighted by Crippen LogP contribution is 2.32. The van der Waals surface area contributed by atoms with Gasteiger partial charge in [0, 0.05) is 11.6 Å². The van der Waals surface area contributed by atoms with E-state index in [1.165, 1.54) is 56.7 Å². The molecule has 1 N–H and O–H groups in total. The van der Waals surface area contributed by atoms with Crippen LogP contribution in [0, 0.1) is 17.6 Å². The molecule has 0 radical (unpaired) electrons. The van der Waals surface area contributed by atoms with E-state index in [1.54, 1.807) is 7.05 Å². The molecule has 0 aromatic heterocycles. The van der Waals surface area contributed by atoms with E-state index in [9.17, 15) is 8.78 Å². The average molecular weight is 267 g/mol. The number of hydrogen-bond acceptors (Lipinski definition) is 1. The molecule has 19 heavy (non-hydrogen) atoms. The number of nitrogens with one attached hydrogen (secondary N) is 1. The Hall–Kier alpha value is -0.960. The second-order valence-electron chi connectivity index (χ2n) is 5.57. The Kier molecular flexibility index (Phi) is 5.32. The van der Waals surface area contributed by atoms with Gasteiger partial charge in [-0.15, -0.1) is 0 Å². The Balaban J connectivity index is 2.10. The summed E-state index contributed by atoms with van der Waals surface area (Å²) in [6.07, 6.45) is 8.31. The smallest absolute Gasteiger partial charge is 0.130 e. The summed E-state index contributed by atoms with van der Waals surface area (Å²) in [6, 6.07) is 3.89. The first-order valence-electron chi connectivity index (χ1n) is 7.33. The van der Waals surface area contributed by atoms with Crippen LogP contribution in [0.25, 0.3) is 0 Å². The van der Waals surface area contributed by atoms with Crippen LogP contribution in [-0.2, 0) is 0 Å². The summed E-state index contributed by atoms with van der Waals surface area (Å²) in [4.78, 5) is 0. The maximum absolute atomic E-state index is 13.8. The predicted molar refractivity (Wildman–Crippen MR) is 74.0 cm³/mol. The molecular weight excluding hydrogens is 244 g/mol. The van der Waals surface area contributed by atoms with Crippen LogP contribution in [0.4, 0.5) is 8.78 Å². The number of benzene rings is 1. The Morgan fingerprint density at radius 2 is 1.68 bits per heavy atom. The van der Waals surface area contributed by atoms with E-state index in [2.05, 4.69) is 5.32 Å². The molecule has 0 saturated heterocycles. The fraction of sp³-hybridized carbons (Fsp3) is 0.625. The third kappa shape index (κ3) is 3.75. The summed E-state index contributed by atoms with van der Waals surface area (Å²) in [6.45, 7) is 0. The molecular formula is C16H23F2N. The molecule has 1 aliphatic rings. The van der Waals surface area contributed by atoms with Crippen LogP contribution < -0.4 is 5.32 Å². The largest absolute Gasteiger partial charge is 0.313 e. The van der Waals surface area contributed by atoms with Crippen molar-refractivity contribution in [2.45, 2.75) is 51.0 Å². The van der Waals surface area contributed by atoms with E-state index in [0.29, 0.717) is 5.92 Å². The van der Waals surface area contributed by atoms with Gasteiger partial charge in [0.1, 0.15) is 11.6 Å². The molecule has 2 rings (SSSR count). The molecule has 0 aliphatic heterocycles.